The van der Waals surface area contributed by atoms with Crippen LogP contribution in [0.25, 0.3) is 0 Å². The summed E-state index contributed by atoms with van der Waals surface area (Å²) in [7, 11) is -0.416. The fraction of sp³-hybridized carbons (Fsp3) is 0.474. The Hall–Kier alpha value is -2.59. The molecule has 1 aliphatic heterocycles. The maximum Gasteiger partial charge on any atom is 0.262 e. The van der Waals surface area contributed by atoms with Crippen molar-refractivity contribution in [2.75, 3.05) is 33.9 Å². The lowest BCUT2D eigenvalue weighted by molar-refractivity contribution is -0.121. The second-order valence-corrected chi connectivity index (χ2v) is 8.67. The summed E-state index contributed by atoms with van der Waals surface area (Å²) in [4.78, 5) is 16.2. The number of ether oxygens (including phenoxy) is 2. The number of amides is 1. The van der Waals surface area contributed by atoms with Crippen LogP contribution in [0.2, 0.25) is 0 Å². The normalized spacial score (nSPS) is 14.7. The number of hydrogen-bond acceptors (Lipinski definition) is 6. The number of sulfonamides is 1. The number of aromatic nitrogens is 2. The van der Waals surface area contributed by atoms with Crippen LogP contribution < -0.4 is 14.8 Å². The van der Waals surface area contributed by atoms with E-state index in [1.165, 1.54) is 21.4 Å². The second-order valence-electron chi connectivity index (χ2n) is 6.78. The van der Waals surface area contributed by atoms with Gasteiger partial charge in [0.05, 0.1) is 20.5 Å². The zero-order valence-electron chi connectivity index (χ0n) is 16.6. The fourth-order valence-electron chi connectivity index (χ4n) is 3.22. The monoisotopic (exact) mass is 422 g/mol. The summed E-state index contributed by atoms with van der Waals surface area (Å²) < 4.78 is 38.4. The van der Waals surface area contributed by atoms with Gasteiger partial charge in [-0.15, -0.1) is 0 Å². The molecule has 3 rings (SSSR count). The van der Waals surface area contributed by atoms with Crippen LogP contribution in [-0.2, 0) is 27.8 Å². The van der Waals surface area contributed by atoms with Crippen molar-refractivity contribution in [1.82, 2.24) is 19.2 Å². The Morgan fingerprint density at radius 1 is 1.17 bits per heavy atom. The molecule has 29 heavy (non-hydrogen) atoms. The molecule has 1 saturated heterocycles. The highest BCUT2D eigenvalue weighted by Crippen LogP contribution is 2.27. The van der Waals surface area contributed by atoms with E-state index >= 15 is 0 Å². The smallest absolute Gasteiger partial charge is 0.262 e. The molecule has 1 aromatic carbocycles. The highest BCUT2D eigenvalue weighted by Gasteiger charge is 2.29. The average Bonchev–Trinajstić information content (AvgIpc) is 3.40. The minimum Gasteiger partial charge on any atom is -0.493 e. The minimum atomic E-state index is -3.57. The van der Waals surface area contributed by atoms with E-state index in [2.05, 4.69) is 10.3 Å². The molecule has 1 aliphatic rings. The lowest BCUT2D eigenvalue weighted by Crippen LogP contribution is -2.29. The van der Waals surface area contributed by atoms with E-state index in [9.17, 15) is 13.2 Å². The number of methoxy groups -OCH3 is 2. The second kappa shape index (κ2) is 9.27. The largest absolute Gasteiger partial charge is 0.493 e. The Kier molecular flexibility index (Phi) is 6.75. The number of carbonyl (C=O) groups is 1. The number of benzene rings is 1. The van der Waals surface area contributed by atoms with Crippen molar-refractivity contribution < 1.29 is 22.7 Å². The number of hydrogen-bond donors (Lipinski definition) is 1. The Bertz CT molecular complexity index is 951. The average molecular weight is 423 g/mol. The number of carbonyl (C=O) groups excluding carboxylic acids is 1. The number of nitrogens with one attached hydrogen (secondary N) is 1. The standard InChI is InChI=1S/C19H26N4O5S/c1-27-16-6-5-15(11-17(16)28-2)7-8-20-18(24)12-22-13-19(21-14-22)29(25,26)23-9-3-4-10-23/h5-6,11,13-14H,3-4,7-10,12H2,1-2H3,(H,20,24). The van der Waals surface area contributed by atoms with Crippen molar-refractivity contribution in [2.45, 2.75) is 30.8 Å². The third kappa shape index (κ3) is 5.07. The van der Waals surface area contributed by atoms with Gasteiger partial charge >= 0.3 is 0 Å². The van der Waals surface area contributed by atoms with Crippen LogP contribution in [0.4, 0.5) is 0 Å². The van der Waals surface area contributed by atoms with Crippen molar-refractivity contribution in [3.63, 3.8) is 0 Å². The van der Waals surface area contributed by atoms with E-state index < -0.39 is 10.0 Å². The van der Waals surface area contributed by atoms with Gasteiger partial charge in [-0.1, -0.05) is 6.07 Å². The van der Waals surface area contributed by atoms with Crippen LogP contribution in [-0.4, -0.2) is 62.0 Å². The summed E-state index contributed by atoms with van der Waals surface area (Å²) in [5.74, 6) is 1.08. The maximum absolute atomic E-state index is 12.5. The molecule has 0 unspecified atom stereocenters. The molecule has 158 valence electrons. The van der Waals surface area contributed by atoms with E-state index in [0.717, 1.165) is 18.4 Å². The van der Waals surface area contributed by atoms with Gasteiger partial charge in [0.25, 0.3) is 10.0 Å². The molecule has 0 atom stereocenters. The van der Waals surface area contributed by atoms with E-state index in [0.29, 0.717) is 37.6 Å². The molecule has 0 saturated carbocycles. The topological polar surface area (TPSA) is 103 Å². The van der Waals surface area contributed by atoms with Crippen molar-refractivity contribution >= 4 is 15.9 Å². The van der Waals surface area contributed by atoms with Crippen LogP contribution >= 0.6 is 0 Å². The van der Waals surface area contributed by atoms with Gasteiger partial charge < -0.3 is 19.4 Å². The summed E-state index contributed by atoms with van der Waals surface area (Å²) in [5.41, 5.74) is 1.00. The van der Waals surface area contributed by atoms with E-state index in [1.54, 1.807) is 14.2 Å². The zero-order chi connectivity index (χ0) is 20.9. The molecule has 2 aromatic rings. The van der Waals surface area contributed by atoms with Gasteiger partial charge in [0, 0.05) is 25.8 Å². The first-order chi connectivity index (χ1) is 13.9. The lowest BCUT2D eigenvalue weighted by atomic mass is 10.1. The van der Waals surface area contributed by atoms with E-state index in [1.807, 2.05) is 18.2 Å². The summed E-state index contributed by atoms with van der Waals surface area (Å²) in [6.07, 6.45) is 5.13. The molecule has 10 heteroatoms. The SMILES string of the molecule is COc1ccc(CCNC(=O)Cn2cnc(S(=O)(=O)N3CCCC3)c2)cc1OC. The third-order valence-electron chi connectivity index (χ3n) is 4.79. The Morgan fingerprint density at radius 2 is 1.90 bits per heavy atom. The van der Waals surface area contributed by atoms with Crippen molar-refractivity contribution in [2.24, 2.45) is 0 Å². The zero-order valence-corrected chi connectivity index (χ0v) is 17.4. The van der Waals surface area contributed by atoms with E-state index in [-0.39, 0.29) is 17.5 Å². The first kappa shape index (κ1) is 21.1. The molecule has 1 amide bonds. The molecule has 0 bridgehead atoms. The van der Waals surface area contributed by atoms with Gasteiger partial charge in [0.15, 0.2) is 16.5 Å². The van der Waals surface area contributed by atoms with Gasteiger partial charge in [-0.05, 0) is 37.0 Å². The fourth-order valence-corrected chi connectivity index (χ4v) is 4.68. The van der Waals surface area contributed by atoms with Gasteiger partial charge in [-0.2, -0.15) is 4.31 Å². The lowest BCUT2D eigenvalue weighted by Gasteiger charge is -2.12. The van der Waals surface area contributed by atoms with Gasteiger partial charge in [-0.25, -0.2) is 13.4 Å². The van der Waals surface area contributed by atoms with Crippen molar-refractivity contribution in [3.05, 3.63) is 36.3 Å². The number of rotatable bonds is 9. The molecule has 0 spiro atoms. The molecule has 0 aliphatic carbocycles. The summed E-state index contributed by atoms with van der Waals surface area (Å²) in [5, 5.41) is 2.81. The highest BCUT2D eigenvalue weighted by atomic mass is 32.2. The van der Waals surface area contributed by atoms with Crippen LogP contribution in [0.3, 0.4) is 0 Å². The van der Waals surface area contributed by atoms with Crippen molar-refractivity contribution in [3.8, 4) is 11.5 Å². The number of nitrogens with zero attached hydrogens (tertiary/aromatic N) is 3. The van der Waals surface area contributed by atoms with Crippen LogP contribution in [0.5, 0.6) is 11.5 Å². The minimum absolute atomic E-state index is 0.00839. The van der Waals surface area contributed by atoms with Crippen molar-refractivity contribution in [1.29, 1.82) is 0 Å². The molecule has 9 nitrogen and oxygen atoms in total. The van der Waals surface area contributed by atoms with E-state index in [4.69, 9.17) is 9.47 Å². The van der Waals surface area contributed by atoms with Crippen LogP contribution in [0.15, 0.2) is 35.7 Å². The highest BCUT2D eigenvalue weighted by molar-refractivity contribution is 7.89. The van der Waals surface area contributed by atoms with Crippen LogP contribution in [0, 0.1) is 0 Å². The molecular weight excluding hydrogens is 396 g/mol. The third-order valence-corrected chi connectivity index (χ3v) is 6.57. The summed E-state index contributed by atoms with van der Waals surface area (Å²) >= 11 is 0. The Morgan fingerprint density at radius 3 is 2.59 bits per heavy atom. The van der Waals surface area contributed by atoms with Crippen LogP contribution in [0.1, 0.15) is 18.4 Å². The number of imidazole rings is 1. The maximum atomic E-state index is 12.5. The summed E-state index contributed by atoms with van der Waals surface area (Å²) in [6.45, 7) is 1.49. The van der Waals surface area contributed by atoms with Gasteiger partial charge in [0.1, 0.15) is 6.54 Å². The quantitative estimate of drug-likeness (QED) is 0.648. The van der Waals surface area contributed by atoms with Gasteiger partial charge in [0.2, 0.25) is 5.91 Å². The molecule has 2 heterocycles. The molecular formula is C19H26N4O5S. The molecule has 0 radical (unpaired) electrons. The first-order valence-electron chi connectivity index (χ1n) is 9.43. The molecule has 1 fully saturated rings. The predicted octanol–water partition coefficient (Wildman–Crippen LogP) is 1.04. The molecule has 1 aromatic heterocycles. The first-order valence-corrected chi connectivity index (χ1v) is 10.9. The van der Waals surface area contributed by atoms with Gasteiger partial charge in [-0.3, -0.25) is 4.79 Å². The summed E-state index contributed by atoms with van der Waals surface area (Å²) in [6, 6.07) is 5.61. The molecule has 1 N–H and O–H groups in total. The predicted molar refractivity (Wildman–Crippen MR) is 106 cm³/mol. The Balaban J connectivity index is 1.51. The Labute approximate surface area is 170 Å².